The van der Waals surface area contributed by atoms with Gasteiger partial charge in [-0.25, -0.2) is 14.0 Å². The molecule has 0 aliphatic rings. The molecule has 19 heavy (non-hydrogen) atoms. The average Bonchev–Trinajstić information content (AvgIpc) is 2.29. The molecule has 0 heterocycles. The zero-order valence-corrected chi connectivity index (χ0v) is 11.0. The van der Waals surface area contributed by atoms with Crippen LogP contribution in [-0.2, 0) is 4.79 Å². The van der Waals surface area contributed by atoms with Crippen molar-refractivity contribution in [2.24, 2.45) is 5.92 Å². The number of rotatable bonds is 4. The van der Waals surface area contributed by atoms with E-state index < -0.39 is 23.9 Å². The third-order valence-corrected chi connectivity index (χ3v) is 2.59. The van der Waals surface area contributed by atoms with Crippen molar-refractivity contribution in [2.75, 3.05) is 5.32 Å². The van der Waals surface area contributed by atoms with Gasteiger partial charge in [0, 0.05) is 0 Å². The summed E-state index contributed by atoms with van der Waals surface area (Å²) in [7, 11) is 0. The lowest BCUT2D eigenvalue weighted by Gasteiger charge is -2.18. The molecule has 0 aromatic heterocycles. The number of carboxylic acid groups (broad SMARTS) is 1. The fraction of sp³-hybridized carbons (Fsp3) is 0.385. The smallest absolute Gasteiger partial charge is 0.326 e. The maximum Gasteiger partial charge on any atom is 0.326 e. The first-order valence-corrected chi connectivity index (χ1v) is 5.87. The molecular formula is C13H17FN2O3. The molecule has 0 bridgehead atoms. The van der Waals surface area contributed by atoms with Crippen molar-refractivity contribution in [1.29, 1.82) is 0 Å². The molecule has 1 unspecified atom stereocenters. The minimum absolute atomic E-state index is 0.0102. The third-order valence-electron chi connectivity index (χ3n) is 2.59. The van der Waals surface area contributed by atoms with E-state index in [0.717, 1.165) is 5.56 Å². The zero-order chi connectivity index (χ0) is 14.6. The molecule has 104 valence electrons. The van der Waals surface area contributed by atoms with Gasteiger partial charge in [-0.15, -0.1) is 0 Å². The molecule has 5 nitrogen and oxygen atoms in total. The number of benzene rings is 1. The zero-order valence-electron chi connectivity index (χ0n) is 11.0. The Morgan fingerprint density at radius 2 is 1.95 bits per heavy atom. The maximum absolute atomic E-state index is 13.5. The van der Waals surface area contributed by atoms with Gasteiger partial charge in [-0.2, -0.15) is 0 Å². The predicted molar refractivity (Wildman–Crippen MR) is 69.6 cm³/mol. The predicted octanol–water partition coefficient (Wildman–Crippen LogP) is 2.36. The lowest BCUT2D eigenvalue weighted by atomic mass is 10.1. The van der Waals surface area contributed by atoms with Gasteiger partial charge >= 0.3 is 12.0 Å². The van der Waals surface area contributed by atoms with Crippen LogP contribution < -0.4 is 10.6 Å². The first-order valence-electron chi connectivity index (χ1n) is 5.87. The monoisotopic (exact) mass is 268 g/mol. The second-order valence-corrected chi connectivity index (χ2v) is 4.64. The van der Waals surface area contributed by atoms with Crippen molar-refractivity contribution in [3.63, 3.8) is 0 Å². The first kappa shape index (κ1) is 14.9. The fourth-order valence-corrected chi connectivity index (χ4v) is 1.53. The van der Waals surface area contributed by atoms with Gasteiger partial charge in [-0.05, 0) is 30.5 Å². The number of amides is 2. The summed E-state index contributed by atoms with van der Waals surface area (Å²) in [5, 5.41) is 13.5. The fourth-order valence-electron chi connectivity index (χ4n) is 1.53. The van der Waals surface area contributed by atoms with Crippen molar-refractivity contribution in [3.8, 4) is 0 Å². The van der Waals surface area contributed by atoms with Crippen LogP contribution in [0, 0.1) is 18.7 Å². The van der Waals surface area contributed by atoms with E-state index in [1.165, 1.54) is 12.1 Å². The summed E-state index contributed by atoms with van der Waals surface area (Å²) in [6.07, 6.45) is 0. The van der Waals surface area contributed by atoms with Crippen LogP contribution >= 0.6 is 0 Å². The topological polar surface area (TPSA) is 78.4 Å². The molecule has 1 aromatic rings. The Balaban J connectivity index is 2.72. The van der Waals surface area contributed by atoms with E-state index in [2.05, 4.69) is 10.6 Å². The van der Waals surface area contributed by atoms with E-state index >= 15 is 0 Å². The highest BCUT2D eigenvalue weighted by atomic mass is 19.1. The summed E-state index contributed by atoms with van der Waals surface area (Å²) in [6, 6.07) is 2.59. The number of carbonyl (C=O) groups is 2. The minimum atomic E-state index is -1.13. The van der Waals surface area contributed by atoms with Crippen LogP contribution in [-0.4, -0.2) is 23.1 Å². The number of urea groups is 1. The van der Waals surface area contributed by atoms with Gasteiger partial charge in [0.1, 0.15) is 11.9 Å². The van der Waals surface area contributed by atoms with Crippen LogP contribution in [0.3, 0.4) is 0 Å². The van der Waals surface area contributed by atoms with E-state index in [-0.39, 0.29) is 11.6 Å². The Bertz CT molecular complexity index is 489. The second-order valence-electron chi connectivity index (χ2n) is 4.64. The normalized spacial score (nSPS) is 12.1. The highest BCUT2D eigenvalue weighted by Crippen LogP contribution is 2.15. The number of anilines is 1. The van der Waals surface area contributed by atoms with Gasteiger partial charge < -0.3 is 15.7 Å². The van der Waals surface area contributed by atoms with E-state index in [4.69, 9.17) is 5.11 Å². The Morgan fingerprint density at radius 1 is 1.32 bits per heavy atom. The van der Waals surface area contributed by atoms with E-state index in [9.17, 15) is 14.0 Å². The molecule has 0 saturated carbocycles. The Labute approximate surface area is 110 Å². The van der Waals surface area contributed by atoms with Crippen molar-refractivity contribution >= 4 is 17.7 Å². The molecule has 0 aliphatic carbocycles. The Morgan fingerprint density at radius 3 is 2.42 bits per heavy atom. The maximum atomic E-state index is 13.5. The van der Waals surface area contributed by atoms with E-state index in [1.54, 1.807) is 26.8 Å². The van der Waals surface area contributed by atoms with Crippen LogP contribution in [0.5, 0.6) is 0 Å². The summed E-state index contributed by atoms with van der Waals surface area (Å²) in [4.78, 5) is 22.5. The molecule has 0 saturated heterocycles. The van der Waals surface area contributed by atoms with Crippen molar-refractivity contribution < 1.29 is 19.1 Å². The molecule has 1 atom stereocenters. The van der Waals surface area contributed by atoms with Crippen molar-refractivity contribution in [1.82, 2.24) is 5.32 Å². The molecule has 6 heteroatoms. The summed E-state index contributed by atoms with van der Waals surface area (Å²) in [6.45, 7) is 5.07. The average molecular weight is 268 g/mol. The summed E-state index contributed by atoms with van der Waals surface area (Å²) >= 11 is 0. The number of hydrogen-bond acceptors (Lipinski definition) is 2. The molecule has 1 aromatic carbocycles. The lowest BCUT2D eigenvalue weighted by Crippen LogP contribution is -2.46. The molecule has 2 amide bonds. The SMILES string of the molecule is Cc1ccc(NC(=O)NC(C(=O)O)C(C)C)c(F)c1. The summed E-state index contributed by atoms with van der Waals surface area (Å²) < 4.78 is 13.5. The number of aliphatic carboxylic acids is 1. The lowest BCUT2D eigenvalue weighted by molar-refractivity contribution is -0.140. The highest BCUT2D eigenvalue weighted by molar-refractivity contribution is 5.92. The molecular weight excluding hydrogens is 251 g/mol. The van der Waals surface area contributed by atoms with Crippen molar-refractivity contribution in [2.45, 2.75) is 26.8 Å². The summed E-state index contributed by atoms with van der Waals surface area (Å²) in [5.74, 6) is -1.97. The van der Waals surface area contributed by atoms with E-state index in [1.807, 2.05) is 0 Å². The Kier molecular flexibility index (Phi) is 4.86. The van der Waals surface area contributed by atoms with Gasteiger partial charge in [0.05, 0.1) is 5.69 Å². The van der Waals surface area contributed by atoms with Gasteiger partial charge in [0.15, 0.2) is 0 Å². The number of nitrogens with one attached hydrogen (secondary N) is 2. The van der Waals surface area contributed by atoms with Crippen LogP contribution in [0.15, 0.2) is 18.2 Å². The van der Waals surface area contributed by atoms with Gasteiger partial charge in [-0.1, -0.05) is 19.9 Å². The molecule has 1 rings (SSSR count). The van der Waals surface area contributed by atoms with Crippen LogP contribution in [0.2, 0.25) is 0 Å². The van der Waals surface area contributed by atoms with E-state index in [0.29, 0.717) is 0 Å². The molecule has 3 N–H and O–H groups in total. The third kappa shape index (κ3) is 4.24. The highest BCUT2D eigenvalue weighted by Gasteiger charge is 2.23. The van der Waals surface area contributed by atoms with Crippen LogP contribution in [0.25, 0.3) is 0 Å². The molecule has 0 aliphatic heterocycles. The number of aryl methyl sites for hydroxylation is 1. The second kappa shape index (κ2) is 6.17. The van der Waals surface area contributed by atoms with Crippen LogP contribution in [0.4, 0.5) is 14.9 Å². The molecule has 0 spiro atoms. The number of carboxylic acids is 1. The first-order chi connectivity index (χ1) is 8.81. The molecule has 0 fully saturated rings. The van der Waals surface area contributed by atoms with Gasteiger partial charge in [-0.3, -0.25) is 0 Å². The van der Waals surface area contributed by atoms with Gasteiger partial charge in [0.25, 0.3) is 0 Å². The quantitative estimate of drug-likeness (QED) is 0.784. The number of halogens is 1. The largest absolute Gasteiger partial charge is 0.480 e. The van der Waals surface area contributed by atoms with Crippen molar-refractivity contribution in [3.05, 3.63) is 29.6 Å². The Hall–Kier alpha value is -2.11. The summed E-state index contributed by atoms with van der Waals surface area (Å²) in [5.41, 5.74) is 0.741. The standard InChI is InChI=1S/C13H17FN2O3/c1-7(2)11(12(17)18)16-13(19)15-10-5-4-8(3)6-9(10)14/h4-7,11H,1-3H3,(H,17,18)(H2,15,16,19). The minimum Gasteiger partial charge on any atom is -0.480 e. The van der Waals surface area contributed by atoms with Crippen LogP contribution in [0.1, 0.15) is 19.4 Å². The number of carbonyl (C=O) groups excluding carboxylic acids is 1. The molecule has 0 radical (unpaired) electrons. The van der Waals surface area contributed by atoms with Gasteiger partial charge in [0.2, 0.25) is 0 Å². The number of hydrogen-bond donors (Lipinski definition) is 3.